The molecule has 2 N–H and O–H groups in total. The number of phenols is 1. The molecule has 2 rings (SSSR count). The summed E-state index contributed by atoms with van der Waals surface area (Å²) < 4.78 is 6.26. The molecular weight excluding hydrogens is 356 g/mol. The molecule has 90 valence electrons. The summed E-state index contributed by atoms with van der Waals surface area (Å²) >= 11 is 6.43. The SMILES string of the molecule is Cc1oc2c(C)c(Br)c(O)c(Br)c2c1C(=O)O. The van der Waals surface area contributed by atoms with Gasteiger partial charge in [-0.15, -0.1) is 0 Å². The minimum atomic E-state index is -1.08. The number of halogens is 2. The summed E-state index contributed by atoms with van der Waals surface area (Å²) in [6.07, 6.45) is 0. The van der Waals surface area contributed by atoms with Crippen molar-refractivity contribution in [1.29, 1.82) is 0 Å². The average Bonchev–Trinajstić information content (AvgIpc) is 2.61. The zero-order valence-electron chi connectivity index (χ0n) is 8.97. The number of furan rings is 1. The Morgan fingerprint density at radius 1 is 1.24 bits per heavy atom. The second-order valence-corrected chi connectivity index (χ2v) is 5.23. The highest BCUT2D eigenvalue weighted by Crippen LogP contribution is 2.44. The molecule has 0 unspecified atom stereocenters. The summed E-state index contributed by atoms with van der Waals surface area (Å²) in [6.45, 7) is 3.33. The van der Waals surface area contributed by atoms with Gasteiger partial charge in [-0.05, 0) is 45.7 Å². The number of aromatic carboxylic acids is 1. The normalized spacial score (nSPS) is 11.1. The van der Waals surface area contributed by atoms with Crippen molar-refractivity contribution < 1.29 is 19.4 Å². The van der Waals surface area contributed by atoms with Crippen LogP contribution in [0.2, 0.25) is 0 Å². The van der Waals surface area contributed by atoms with Crippen LogP contribution >= 0.6 is 31.9 Å². The first-order chi connectivity index (χ1) is 7.86. The predicted octanol–water partition coefficient (Wildman–Crippen LogP) is 3.98. The number of benzene rings is 1. The smallest absolute Gasteiger partial charge is 0.339 e. The number of phenolic OH excluding ortho intramolecular Hbond substituents is 1. The van der Waals surface area contributed by atoms with E-state index in [0.717, 1.165) is 0 Å². The van der Waals surface area contributed by atoms with Crippen molar-refractivity contribution in [2.75, 3.05) is 0 Å². The standard InChI is InChI=1S/C11H8Br2O4/c1-3-7(12)9(14)8(13)6-5(11(15)16)4(2)17-10(3)6/h14H,1-2H3,(H,15,16). The Balaban J connectivity index is 3.07. The number of carboxylic acids is 1. The van der Waals surface area contributed by atoms with Crippen molar-refractivity contribution in [3.05, 3.63) is 25.8 Å². The lowest BCUT2D eigenvalue weighted by atomic mass is 10.1. The van der Waals surface area contributed by atoms with Gasteiger partial charge in [0.25, 0.3) is 0 Å². The molecule has 1 aromatic heterocycles. The van der Waals surface area contributed by atoms with Gasteiger partial charge in [-0.1, -0.05) is 0 Å². The molecule has 1 aromatic carbocycles. The highest BCUT2D eigenvalue weighted by atomic mass is 79.9. The van der Waals surface area contributed by atoms with Gasteiger partial charge in [0.1, 0.15) is 22.7 Å². The van der Waals surface area contributed by atoms with Gasteiger partial charge < -0.3 is 14.6 Å². The molecule has 0 saturated carbocycles. The Kier molecular flexibility index (Phi) is 2.95. The Hall–Kier alpha value is -1.01. The summed E-state index contributed by atoms with van der Waals surface area (Å²) in [5.74, 6) is -0.796. The zero-order valence-corrected chi connectivity index (χ0v) is 12.1. The molecule has 0 aliphatic heterocycles. The largest absolute Gasteiger partial charge is 0.506 e. The van der Waals surface area contributed by atoms with Gasteiger partial charge in [0.2, 0.25) is 0 Å². The molecule has 2 aromatic rings. The van der Waals surface area contributed by atoms with E-state index in [4.69, 9.17) is 9.52 Å². The average molecular weight is 364 g/mol. The fourth-order valence-corrected chi connectivity index (χ4v) is 2.99. The third-order valence-corrected chi connectivity index (χ3v) is 4.35. The van der Waals surface area contributed by atoms with Crippen LogP contribution in [0, 0.1) is 13.8 Å². The summed E-state index contributed by atoms with van der Waals surface area (Å²) in [7, 11) is 0. The van der Waals surface area contributed by atoms with E-state index >= 15 is 0 Å². The molecule has 4 nitrogen and oxygen atoms in total. The van der Waals surface area contributed by atoms with Crippen molar-refractivity contribution >= 4 is 48.8 Å². The predicted molar refractivity (Wildman–Crippen MR) is 69.7 cm³/mol. The van der Waals surface area contributed by atoms with Crippen molar-refractivity contribution in [1.82, 2.24) is 0 Å². The first-order valence-electron chi connectivity index (χ1n) is 4.69. The maximum atomic E-state index is 11.2. The molecular formula is C11H8Br2O4. The first kappa shape index (κ1) is 12.4. The number of carbonyl (C=O) groups is 1. The van der Waals surface area contributed by atoms with Crippen molar-refractivity contribution in [2.24, 2.45) is 0 Å². The van der Waals surface area contributed by atoms with Crippen LogP contribution in [0.25, 0.3) is 11.0 Å². The lowest BCUT2D eigenvalue weighted by molar-refractivity contribution is 0.0697. The molecule has 0 fully saturated rings. The van der Waals surface area contributed by atoms with Crippen LogP contribution in [-0.4, -0.2) is 16.2 Å². The highest BCUT2D eigenvalue weighted by molar-refractivity contribution is 9.11. The number of aromatic hydroxyl groups is 1. The van der Waals surface area contributed by atoms with Crippen LogP contribution in [0.1, 0.15) is 21.7 Å². The Morgan fingerprint density at radius 3 is 2.35 bits per heavy atom. The molecule has 0 saturated heterocycles. The van der Waals surface area contributed by atoms with E-state index in [2.05, 4.69) is 31.9 Å². The zero-order chi connectivity index (χ0) is 12.9. The van der Waals surface area contributed by atoms with E-state index in [9.17, 15) is 9.90 Å². The molecule has 17 heavy (non-hydrogen) atoms. The molecule has 6 heteroatoms. The highest BCUT2D eigenvalue weighted by Gasteiger charge is 2.25. The topological polar surface area (TPSA) is 70.7 Å². The summed E-state index contributed by atoms with van der Waals surface area (Å²) in [6, 6.07) is 0. The van der Waals surface area contributed by atoms with E-state index < -0.39 is 5.97 Å². The summed E-state index contributed by atoms with van der Waals surface area (Å²) in [5.41, 5.74) is 1.19. The van der Waals surface area contributed by atoms with Gasteiger partial charge in [0.15, 0.2) is 0 Å². The first-order valence-corrected chi connectivity index (χ1v) is 6.27. The number of carboxylic acid groups (broad SMARTS) is 1. The van der Waals surface area contributed by atoms with E-state index in [1.165, 1.54) is 0 Å². The van der Waals surface area contributed by atoms with Crippen LogP contribution in [0.5, 0.6) is 5.75 Å². The molecule has 0 aliphatic rings. The fourth-order valence-electron chi connectivity index (χ4n) is 1.77. The second kappa shape index (κ2) is 4.03. The number of fused-ring (bicyclic) bond motifs is 1. The van der Waals surface area contributed by atoms with Gasteiger partial charge in [0.05, 0.1) is 14.3 Å². The van der Waals surface area contributed by atoms with Crippen LogP contribution in [0.4, 0.5) is 0 Å². The third kappa shape index (κ3) is 1.66. The monoisotopic (exact) mass is 362 g/mol. The lowest BCUT2D eigenvalue weighted by Crippen LogP contribution is -1.97. The lowest BCUT2D eigenvalue weighted by Gasteiger charge is -2.05. The quantitative estimate of drug-likeness (QED) is 0.803. The van der Waals surface area contributed by atoms with Crippen molar-refractivity contribution in [2.45, 2.75) is 13.8 Å². The third-order valence-electron chi connectivity index (χ3n) is 2.60. The van der Waals surface area contributed by atoms with Crippen LogP contribution in [0.3, 0.4) is 0 Å². The van der Waals surface area contributed by atoms with E-state index in [1.807, 2.05) is 0 Å². The number of hydrogen-bond acceptors (Lipinski definition) is 3. The minimum absolute atomic E-state index is 0.0294. The molecule has 0 bridgehead atoms. The maximum absolute atomic E-state index is 11.2. The van der Waals surface area contributed by atoms with Gasteiger partial charge in [-0.3, -0.25) is 0 Å². The molecule has 0 aliphatic carbocycles. The molecule has 0 amide bonds. The van der Waals surface area contributed by atoms with Gasteiger partial charge >= 0.3 is 5.97 Å². The van der Waals surface area contributed by atoms with Crippen LogP contribution in [0.15, 0.2) is 13.4 Å². The van der Waals surface area contributed by atoms with Crippen molar-refractivity contribution in [3.63, 3.8) is 0 Å². The van der Waals surface area contributed by atoms with E-state index in [0.29, 0.717) is 31.2 Å². The van der Waals surface area contributed by atoms with Crippen LogP contribution < -0.4 is 0 Å². The van der Waals surface area contributed by atoms with Crippen molar-refractivity contribution in [3.8, 4) is 5.75 Å². The molecule has 0 spiro atoms. The van der Waals surface area contributed by atoms with Gasteiger partial charge in [-0.25, -0.2) is 4.79 Å². The summed E-state index contributed by atoms with van der Waals surface area (Å²) in [4.78, 5) is 11.2. The fraction of sp³-hybridized carbons (Fsp3) is 0.182. The number of rotatable bonds is 1. The minimum Gasteiger partial charge on any atom is -0.506 e. The number of hydrogen-bond donors (Lipinski definition) is 2. The van der Waals surface area contributed by atoms with Crippen LogP contribution in [-0.2, 0) is 0 Å². The maximum Gasteiger partial charge on any atom is 0.339 e. The second-order valence-electron chi connectivity index (χ2n) is 3.64. The molecule has 0 atom stereocenters. The van der Waals surface area contributed by atoms with E-state index in [1.54, 1.807) is 13.8 Å². The molecule has 0 radical (unpaired) electrons. The summed E-state index contributed by atoms with van der Waals surface area (Å²) in [5, 5.41) is 19.4. The molecule has 1 heterocycles. The Morgan fingerprint density at radius 2 is 1.82 bits per heavy atom. The van der Waals surface area contributed by atoms with E-state index in [-0.39, 0.29) is 11.3 Å². The Bertz CT molecular complexity index is 643. The number of aryl methyl sites for hydroxylation is 2. The van der Waals surface area contributed by atoms with Gasteiger partial charge in [-0.2, -0.15) is 0 Å². The Labute approximate surface area is 113 Å². The van der Waals surface area contributed by atoms with Gasteiger partial charge in [0, 0.05) is 5.56 Å².